The average molecular weight is 2000 g/mol. The molecule has 0 aliphatic rings. The quantitative estimate of drug-likeness (QED) is 0.0327. The van der Waals surface area contributed by atoms with Crippen molar-refractivity contribution in [2.24, 2.45) is 11.8 Å². The first-order valence-electron chi connectivity index (χ1n) is 34.3. The Bertz CT molecular complexity index is 6000. The number of nitrogens with zero attached hydrogens (tertiary/aromatic N) is 10. The molecule has 0 saturated heterocycles. The van der Waals surface area contributed by atoms with Crippen molar-refractivity contribution >= 4 is 93.1 Å². The molecule has 0 amide bonds. The van der Waals surface area contributed by atoms with Crippen molar-refractivity contribution in [3.8, 4) is 45.4 Å². The van der Waals surface area contributed by atoms with Crippen molar-refractivity contribution < 1.29 is 93.3 Å². The number of allylic oxidation sites excluding steroid dienone is 3. The van der Waals surface area contributed by atoms with Gasteiger partial charge in [0.1, 0.15) is 5.76 Å². The van der Waals surface area contributed by atoms with E-state index in [1.54, 1.807) is 67.4 Å². The van der Waals surface area contributed by atoms with Gasteiger partial charge in [-0.25, -0.2) is 0 Å². The van der Waals surface area contributed by atoms with Crippen LogP contribution in [0.2, 0.25) is 0 Å². The first kappa shape index (κ1) is 83.1. The van der Waals surface area contributed by atoms with Crippen LogP contribution in [0.1, 0.15) is 49.2 Å². The Balaban J connectivity index is 0.000000154. The number of fused-ring (bicyclic) bond motifs is 9. The Hall–Kier alpha value is -12.0. The molecule has 0 aliphatic heterocycles. The van der Waals surface area contributed by atoms with Crippen molar-refractivity contribution in [3.05, 3.63) is 357 Å². The van der Waals surface area contributed by atoms with Gasteiger partial charge in [-0.15, -0.1) is 131 Å². The van der Waals surface area contributed by atoms with E-state index < -0.39 is 11.7 Å². The predicted octanol–water partition coefficient (Wildman–Crippen LogP) is 21.4. The van der Waals surface area contributed by atoms with Gasteiger partial charge >= 0.3 is 6.18 Å². The number of hydrogen-bond acceptors (Lipinski definition) is 14. The molecule has 17 rings (SSSR count). The zero-order valence-electron chi connectivity index (χ0n) is 59.9. The average Bonchev–Trinajstić information content (AvgIpc) is 0.817. The van der Waals surface area contributed by atoms with Crippen LogP contribution in [0, 0.1) is 36.1 Å². The van der Waals surface area contributed by atoms with Crippen molar-refractivity contribution in [2.75, 3.05) is 0 Å². The van der Waals surface area contributed by atoms with Gasteiger partial charge < -0.3 is 15.2 Å². The van der Waals surface area contributed by atoms with Crippen LogP contribution in [0.3, 0.4) is 0 Å². The molecule has 2 N–H and O–H groups in total. The van der Waals surface area contributed by atoms with Crippen LogP contribution < -0.4 is 0 Å². The number of aliphatic hydroxyl groups is 2. The Kier molecular flexibility index (Phi) is 29.9. The molecule has 0 aliphatic carbocycles. The number of carbonyl (C=O) groups excluding carboxylic acids is 2. The van der Waals surface area contributed by atoms with Crippen LogP contribution in [-0.4, -0.2) is 71.6 Å². The van der Waals surface area contributed by atoms with Gasteiger partial charge in [0.05, 0.1) is 39.8 Å². The molecule has 17 aromatic rings. The third-order valence-corrected chi connectivity index (χ3v) is 16.8. The fraction of sp³-hybridized carbons (Fsp3) is 0.0769. The van der Waals surface area contributed by atoms with Gasteiger partial charge in [-0.1, -0.05) is 154 Å². The molecule has 557 valence electrons. The number of benzene rings is 10. The summed E-state index contributed by atoms with van der Waals surface area (Å²) < 4.78 is 37.9. The summed E-state index contributed by atoms with van der Waals surface area (Å²) in [5.41, 5.74) is 7.32. The smallest absolute Gasteiger partial charge is 0.381 e. The molecular weight excluding hydrogens is 1930 g/mol. The van der Waals surface area contributed by atoms with E-state index >= 15 is 0 Å². The summed E-state index contributed by atoms with van der Waals surface area (Å²) in [7, 11) is 0. The summed E-state index contributed by atoms with van der Waals surface area (Å²) in [5.74, 6) is 1.67. The molecular formula is C91H67F3Ir3N10O4-4. The van der Waals surface area contributed by atoms with Crippen molar-refractivity contribution in [1.82, 2.24) is 49.8 Å². The number of aliphatic hydroxyl groups excluding tert-OH is 2. The van der Waals surface area contributed by atoms with Gasteiger partial charge in [0.2, 0.25) is 0 Å². The maximum Gasteiger partial charge on any atom is 0.381 e. The summed E-state index contributed by atoms with van der Waals surface area (Å²) in [6.07, 6.45) is 16.1. The van der Waals surface area contributed by atoms with Crippen molar-refractivity contribution in [3.63, 3.8) is 0 Å². The number of halogens is 3. The third kappa shape index (κ3) is 21.9. The largest absolute Gasteiger partial charge is 0.512 e. The topological polar surface area (TPSA) is 203 Å². The Morgan fingerprint density at radius 3 is 1.47 bits per heavy atom. The SMILES string of the molecule is CC(C)C(=O)C=C(O)C(C)C.FC(F)(F)c1c[c-]c(-c2ncc3ccc4cnccc4c3n2)cc1.O=C(C=C(O)c1ccccc1)c1ccccc1.[Ir].[Ir].[Ir].[c-]1ccc2ccccc2c1-c1ccccn1.[c-]1ccccc1-c1ncc2cc3ccncc3cc2n1.[c-]1ccccc1-c1ncc2ccc3cnccc3c2n1. The van der Waals surface area contributed by atoms with Crippen LogP contribution in [0.25, 0.3) is 127 Å². The van der Waals surface area contributed by atoms with Gasteiger partial charge in [-0.05, 0) is 53.0 Å². The number of rotatable bonds is 10. The maximum atomic E-state index is 12.6. The summed E-state index contributed by atoms with van der Waals surface area (Å²) in [6.45, 7) is 7.32. The molecule has 10 aromatic carbocycles. The monoisotopic (exact) mass is 2000 g/mol. The summed E-state index contributed by atoms with van der Waals surface area (Å²) in [6, 6.07) is 84.9. The van der Waals surface area contributed by atoms with Crippen LogP contribution in [0.15, 0.2) is 316 Å². The van der Waals surface area contributed by atoms with E-state index in [1.807, 2.05) is 216 Å². The summed E-state index contributed by atoms with van der Waals surface area (Å²) >= 11 is 0. The standard InChI is InChI=1S/C18H9F3N3.2C17H10N3.C15H10N.C15H12O2.C9H16O2.3Ir/c19-18(20,21)14-5-3-11(4-6-14)17-23-10-13-2-1-12-9-22-8-7-15(12)16(13)24-17;1-2-4-12(5-3-1)17-19-11-15-8-13-6-7-18-10-14(13)9-16(15)20-17;1-2-4-12(5-3-1)17-19-11-14-7-6-13-10-18-9-8-15(13)16(14)20-17;1-2-8-13-12(6-1)7-5-9-14(13)15-10-3-4-11-16-15;16-14(12-7-3-1-4-8-12)11-15(17)13-9-5-2-6-10-13;1-6(2)8(10)5-9(11)7(3)4;;;/h1-3,5-10H;2*1-4,6-11H;1-8,10-11H;1-11,16H;5-7,10H,1-4H3;;;/q4*-1;;;;;. The molecule has 7 aromatic heterocycles. The minimum Gasteiger partial charge on any atom is -0.512 e. The van der Waals surface area contributed by atoms with Crippen LogP contribution >= 0.6 is 0 Å². The van der Waals surface area contributed by atoms with E-state index in [9.17, 15) is 33.0 Å². The number of pyridine rings is 4. The van der Waals surface area contributed by atoms with E-state index in [0.29, 0.717) is 34.2 Å². The third-order valence-electron chi connectivity index (χ3n) is 16.8. The second kappa shape index (κ2) is 39.9. The predicted molar refractivity (Wildman–Crippen MR) is 422 cm³/mol. The zero-order valence-corrected chi connectivity index (χ0v) is 67.1. The number of aromatic nitrogens is 10. The van der Waals surface area contributed by atoms with E-state index in [4.69, 9.17) is 4.98 Å². The van der Waals surface area contributed by atoms with Crippen molar-refractivity contribution in [1.29, 1.82) is 0 Å². The number of hydrogen-bond donors (Lipinski definition) is 2. The Labute approximate surface area is 679 Å². The second-order valence-electron chi connectivity index (χ2n) is 25.0. The van der Waals surface area contributed by atoms with Crippen molar-refractivity contribution in [2.45, 2.75) is 33.9 Å². The number of ketones is 2. The summed E-state index contributed by atoms with van der Waals surface area (Å²) in [5, 5.41) is 30.6. The molecule has 0 fully saturated rings. The van der Waals surface area contributed by atoms with Gasteiger partial charge in [0, 0.05) is 200 Å². The van der Waals surface area contributed by atoms with Gasteiger partial charge in [-0.2, -0.15) is 13.2 Å². The van der Waals surface area contributed by atoms with E-state index in [0.717, 1.165) is 99.5 Å². The zero-order chi connectivity index (χ0) is 75.4. The normalized spacial score (nSPS) is 11.0. The first-order valence-corrected chi connectivity index (χ1v) is 34.3. The molecule has 3 radical (unpaired) electrons. The van der Waals surface area contributed by atoms with Gasteiger partial charge in [0.15, 0.2) is 11.6 Å². The van der Waals surface area contributed by atoms with Gasteiger partial charge in [-0.3, -0.25) is 54.4 Å². The molecule has 111 heavy (non-hydrogen) atoms. The Morgan fingerprint density at radius 2 is 0.928 bits per heavy atom. The second-order valence-corrected chi connectivity index (χ2v) is 25.0. The molecule has 0 bridgehead atoms. The maximum absolute atomic E-state index is 12.6. The van der Waals surface area contributed by atoms with Crippen LogP contribution in [0.4, 0.5) is 13.2 Å². The fourth-order valence-electron chi connectivity index (χ4n) is 11.0. The number of alkyl halides is 3. The molecule has 0 saturated carbocycles. The molecule has 20 heteroatoms. The van der Waals surface area contributed by atoms with Crippen LogP contribution in [0.5, 0.6) is 0 Å². The van der Waals surface area contributed by atoms with E-state index in [2.05, 4.69) is 93.4 Å². The Morgan fingerprint density at radius 1 is 0.405 bits per heavy atom. The molecule has 0 atom stereocenters. The molecule has 0 unspecified atom stereocenters. The molecule has 7 heterocycles. The molecule has 14 nitrogen and oxygen atoms in total. The minimum absolute atomic E-state index is 0. The fourth-order valence-corrected chi connectivity index (χ4v) is 11.0. The van der Waals surface area contributed by atoms with Crippen LogP contribution in [-0.2, 0) is 71.3 Å². The first-order chi connectivity index (χ1) is 52.5. The molecule has 0 spiro atoms. The summed E-state index contributed by atoms with van der Waals surface area (Å²) in [4.78, 5) is 66.5. The number of carbonyl (C=O) groups is 2. The van der Waals surface area contributed by atoms with E-state index in [-0.39, 0.29) is 95.2 Å². The van der Waals surface area contributed by atoms with Gasteiger partial charge in [0.25, 0.3) is 0 Å². The van der Waals surface area contributed by atoms with E-state index in [1.165, 1.54) is 29.0 Å². The minimum atomic E-state index is -4.39.